The van der Waals surface area contributed by atoms with Gasteiger partial charge in [0.05, 0.1) is 4.08 Å². The van der Waals surface area contributed by atoms with Gasteiger partial charge in [-0.25, -0.2) is 0 Å². The third-order valence-electron chi connectivity index (χ3n) is 3.92. The first-order chi connectivity index (χ1) is 8.85. The van der Waals surface area contributed by atoms with E-state index in [4.69, 9.17) is 6.42 Å². The molecule has 1 aromatic carbocycles. The first-order valence-electron chi connectivity index (χ1n) is 6.70. The number of hydrogen-bond donors (Lipinski definition) is 0. The summed E-state index contributed by atoms with van der Waals surface area (Å²) in [5.41, 5.74) is 2.76. The Kier molecular flexibility index (Phi) is 4.28. The predicted molar refractivity (Wildman–Crippen MR) is 89.6 cm³/mol. The van der Waals surface area contributed by atoms with Crippen LogP contribution in [0.3, 0.4) is 0 Å². The van der Waals surface area contributed by atoms with Crippen molar-refractivity contribution < 1.29 is 0 Å². The molecule has 102 valence electrons. The second-order valence-corrected chi connectivity index (χ2v) is 9.49. The van der Waals surface area contributed by atoms with Gasteiger partial charge in [0.1, 0.15) is 0 Å². The number of thioether (sulfide) groups is 2. The van der Waals surface area contributed by atoms with Gasteiger partial charge in [-0.05, 0) is 47.5 Å². The molecular formula is C17H22S2. The van der Waals surface area contributed by atoms with Gasteiger partial charge in [-0.2, -0.15) is 0 Å². The SMILES string of the molecule is C#Cc1ccc(C2(C)SCC(C(C)(C)C)CS2)cc1. The lowest BCUT2D eigenvalue weighted by Crippen LogP contribution is -2.32. The second-order valence-electron chi connectivity index (χ2n) is 6.35. The minimum absolute atomic E-state index is 0.175. The van der Waals surface area contributed by atoms with Crippen LogP contribution in [0.2, 0.25) is 0 Å². The van der Waals surface area contributed by atoms with E-state index >= 15 is 0 Å². The maximum Gasteiger partial charge on any atom is 0.0832 e. The molecule has 0 saturated carbocycles. The number of rotatable bonds is 1. The smallest absolute Gasteiger partial charge is 0.0832 e. The van der Waals surface area contributed by atoms with Gasteiger partial charge < -0.3 is 0 Å². The van der Waals surface area contributed by atoms with Gasteiger partial charge >= 0.3 is 0 Å². The van der Waals surface area contributed by atoms with Crippen LogP contribution in [0.25, 0.3) is 0 Å². The largest absolute Gasteiger partial charge is 0.139 e. The van der Waals surface area contributed by atoms with Crippen molar-refractivity contribution >= 4 is 23.5 Å². The summed E-state index contributed by atoms with van der Waals surface area (Å²) in [6.45, 7) is 9.39. The van der Waals surface area contributed by atoms with Crippen molar-refractivity contribution in [3.63, 3.8) is 0 Å². The minimum atomic E-state index is 0.175. The highest BCUT2D eigenvalue weighted by atomic mass is 32.2. The normalized spacial score (nSPS) is 27.8. The second kappa shape index (κ2) is 5.46. The molecule has 0 amide bonds. The summed E-state index contributed by atoms with van der Waals surface area (Å²) in [5.74, 6) is 5.96. The third-order valence-corrected chi connectivity index (χ3v) is 7.34. The standard InChI is InChI=1S/C17H22S2/c1-6-13-7-9-14(10-8-13)17(5)18-11-15(12-19-17)16(2,3)4/h1,7-10,15H,11-12H2,2-5H3. The summed E-state index contributed by atoms with van der Waals surface area (Å²) >= 11 is 4.16. The summed E-state index contributed by atoms with van der Waals surface area (Å²) in [6.07, 6.45) is 5.42. The summed E-state index contributed by atoms with van der Waals surface area (Å²) in [6, 6.07) is 8.48. The lowest BCUT2D eigenvalue weighted by Gasteiger charge is -2.41. The van der Waals surface area contributed by atoms with E-state index in [1.807, 2.05) is 0 Å². The molecule has 0 atom stereocenters. The zero-order chi connectivity index (χ0) is 14.1. The monoisotopic (exact) mass is 290 g/mol. The molecule has 0 aliphatic carbocycles. The molecule has 1 aliphatic heterocycles. The van der Waals surface area contributed by atoms with Crippen LogP contribution in [0.5, 0.6) is 0 Å². The molecular weight excluding hydrogens is 268 g/mol. The molecule has 0 spiro atoms. The Bertz CT molecular complexity index is 465. The van der Waals surface area contributed by atoms with Crippen molar-refractivity contribution in [2.45, 2.75) is 31.8 Å². The molecule has 1 aliphatic rings. The average molecular weight is 290 g/mol. The number of hydrogen-bond acceptors (Lipinski definition) is 2. The minimum Gasteiger partial charge on any atom is -0.139 e. The Morgan fingerprint density at radius 1 is 1.16 bits per heavy atom. The molecule has 0 unspecified atom stereocenters. The Morgan fingerprint density at radius 2 is 1.68 bits per heavy atom. The van der Waals surface area contributed by atoms with Gasteiger partial charge in [0.2, 0.25) is 0 Å². The van der Waals surface area contributed by atoms with Crippen LogP contribution < -0.4 is 0 Å². The van der Waals surface area contributed by atoms with Crippen molar-refractivity contribution in [2.75, 3.05) is 11.5 Å². The number of benzene rings is 1. The maximum absolute atomic E-state index is 5.42. The van der Waals surface area contributed by atoms with Gasteiger partial charge in [0.25, 0.3) is 0 Å². The van der Waals surface area contributed by atoms with Crippen LogP contribution in [0.15, 0.2) is 24.3 Å². The first kappa shape index (κ1) is 14.9. The Labute approximate surface area is 126 Å². The van der Waals surface area contributed by atoms with Crippen LogP contribution in [0.4, 0.5) is 0 Å². The van der Waals surface area contributed by atoms with Gasteiger partial charge in [0, 0.05) is 5.56 Å². The quantitative estimate of drug-likeness (QED) is 0.669. The summed E-state index contributed by atoms with van der Waals surface area (Å²) in [4.78, 5) is 0. The highest BCUT2D eigenvalue weighted by Crippen LogP contribution is 2.53. The summed E-state index contributed by atoms with van der Waals surface area (Å²) in [5, 5.41) is 0. The van der Waals surface area contributed by atoms with E-state index in [9.17, 15) is 0 Å². The lowest BCUT2D eigenvalue weighted by molar-refractivity contribution is 0.292. The highest BCUT2D eigenvalue weighted by Gasteiger charge is 2.37. The zero-order valence-electron chi connectivity index (χ0n) is 12.2. The number of terminal acetylenes is 1. The highest BCUT2D eigenvalue weighted by molar-refractivity contribution is 8.18. The fraction of sp³-hybridized carbons (Fsp3) is 0.529. The molecule has 1 heterocycles. The van der Waals surface area contributed by atoms with Gasteiger partial charge in [0.15, 0.2) is 0 Å². The van der Waals surface area contributed by atoms with Crippen LogP contribution in [0.1, 0.15) is 38.8 Å². The zero-order valence-corrected chi connectivity index (χ0v) is 13.8. The third kappa shape index (κ3) is 3.33. The maximum atomic E-state index is 5.42. The van der Waals surface area contributed by atoms with Gasteiger partial charge in [-0.15, -0.1) is 29.9 Å². The van der Waals surface area contributed by atoms with Crippen molar-refractivity contribution in [1.82, 2.24) is 0 Å². The molecule has 1 aromatic rings. The van der Waals surface area contributed by atoms with Crippen molar-refractivity contribution in [1.29, 1.82) is 0 Å². The van der Waals surface area contributed by atoms with E-state index in [1.54, 1.807) is 0 Å². The van der Waals surface area contributed by atoms with E-state index in [0.29, 0.717) is 5.41 Å². The van der Waals surface area contributed by atoms with Crippen molar-refractivity contribution in [2.24, 2.45) is 11.3 Å². The summed E-state index contributed by atoms with van der Waals surface area (Å²) < 4.78 is 0.175. The molecule has 2 heteroatoms. The molecule has 2 rings (SSSR count). The Hall–Kier alpha value is -0.520. The van der Waals surface area contributed by atoms with E-state index in [1.165, 1.54) is 17.1 Å². The average Bonchev–Trinajstić information content (AvgIpc) is 2.38. The van der Waals surface area contributed by atoms with E-state index in [2.05, 4.69) is 81.4 Å². The van der Waals surface area contributed by atoms with E-state index in [0.717, 1.165) is 11.5 Å². The molecule has 19 heavy (non-hydrogen) atoms. The lowest BCUT2D eigenvalue weighted by atomic mass is 9.83. The van der Waals surface area contributed by atoms with Crippen LogP contribution in [-0.4, -0.2) is 11.5 Å². The van der Waals surface area contributed by atoms with Gasteiger partial charge in [-0.3, -0.25) is 0 Å². The van der Waals surface area contributed by atoms with Crippen LogP contribution in [0, 0.1) is 23.7 Å². The molecule has 0 bridgehead atoms. The summed E-state index contributed by atoms with van der Waals surface area (Å²) in [7, 11) is 0. The topological polar surface area (TPSA) is 0 Å². The van der Waals surface area contributed by atoms with Crippen LogP contribution in [-0.2, 0) is 4.08 Å². The Morgan fingerprint density at radius 3 is 2.11 bits per heavy atom. The fourth-order valence-electron chi connectivity index (χ4n) is 2.14. The molecule has 0 radical (unpaired) electrons. The molecule has 0 aromatic heterocycles. The predicted octanol–water partition coefficient (Wildman–Crippen LogP) is 4.98. The van der Waals surface area contributed by atoms with Crippen molar-refractivity contribution in [3.8, 4) is 12.3 Å². The first-order valence-corrected chi connectivity index (χ1v) is 8.67. The Balaban J connectivity index is 2.11. The molecule has 0 N–H and O–H groups in total. The molecule has 0 nitrogen and oxygen atoms in total. The molecule has 1 fully saturated rings. The van der Waals surface area contributed by atoms with E-state index < -0.39 is 0 Å². The van der Waals surface area contributed by atoms with E-state index in [-0.39, 0.29) is 4.08 Å². The molecule has 1 saturated heterocycles. The van der Waals surface area contributed by atoms with Gasteiger partial charge in [-0.1, -0.05) is 38.8 Å². The fourth-order valence-corrected chi connectivity index (χ4v) is 5.92. The van der Waals surface area contributed by atoms with Crippen molar-refractivity contribution in [3.05, 3.63) is 35.4 Å². The van der Waals surface area contributed by atoms with Crippen LogP contribution >= 0.6 is 23.5 Å².